The smallest absolute Gasteiger partial charge is 0.270 e. The number of hydrogen-bond acceptors (Lipinski definition) is 3. The van der Waals surface area contributed by atoms with E-state index in [9.17, 15) is 4.79 Å². The Labute approximate surface area is 103 Å². The first-order valence-electron chi connectivity index (χ1n) is 5.92. The second kappa shape index (κ2) is 6.30. The molecule has 1 amide bonds. The van der Waals surface area contributed by atoms with Gasteiger partial charge in [-0.15, -0.1) is 0 Å². The number of aromatic nitrogens is 1. The minimum absolute atomic E-state index is 0.0189. The van der Waals surface area contributed by atoms with E-state index in [-0.39, 0.29) is 5.91 Å². The van der Waals surface area contributed by atoms with Gasteiger partial charge in [-0.3, -0.25) is 4.79 Å². The third-order valence-corrected chi connectivity index (χ3v) is 2.53. The number of nitrogens with two attached hydrogens (primary N) is 1. The molecule has 0 saturated carbocycles. The molecule has 0 bridgehead atoms. The number of carbonyl (C=O) groups excluding carboxylic acids is 1. The summed E-state index contributed by atoms with van der Waals surface area (Å²) in [6.45, 7) is 4.44. The highest BCUT2D eigenvalue weighted by atomic mass is 16.2. The number of nitrogens with one attached hydrogen (secondary N) is 1. The summed E-state index contributed by atoms with van der Waals surface area (Å²) in [6.07, 6.45) is 2.60. The summed E-state index contributed by atoms with van der Waals surface area (Å²) in [5, 5.41) is 0. The SMILES string of the molecule is CCCN(CCN(C)C)C(=O)c1cc(N)c[nH]1. The van der Waals surface area contributed by atoms with Crippen molar-refractivity contribution in [3.05, 3.63) is 18.0 Å². The molecule has 0 atom stereocenters. The van der Waals surface area contributed by atoms with Crippen molar-refractivity contribution in [2.45, 2.75) is 13.3 Å². The lowest BCUT2D eigenvalue weighted by Gasteiger charge is -2.23. The first-order chi connectivity index (χ1) is 8.04. The van der Waals surface area contributed by atoms with Gasteiger partial charge in [0.25, 0.3) is 5.91 Å². The van der Waals surface area contributed by atoms with E-state index in [4.69, 9.17) is 5.73 Å². The maximum atomic E-state index is 12.2. The lowest BCUT2D eigenvalue weighted by Crippen LogP contribution is -2.37. The van der Waals surface area contributed by atoms with Crippen molar-refractivity contribution < 1.29 is 4.79 Å². The van der Waals surface area contributed by atoms with Crippen LogP contribution in [-0.2, 0) is 0 Å². The maximum Gasteiger partial charge on any atom is 0.270 e. The zero-order valence-corrected chi connectivity index (χ0v) is 10.9. The molecule has 1 heterocycles. The fraction of sp³-hybridized carbons (Fsp3) is 0.583. The largest absolute Gasteiger partial charge is 0.397 e. The van der Waals surface area contributed by atoms with Crippen molar-refractivity contribution in [2.24, 2.45) is 0 Å². The topological polar surface area (TPSA) is 65.4 Å². The van der Waals surface area contributed by atoms with E-state index in [1.807, 2.05) is 19.0 Å². The molecular weight excluding hydrogens is 216 g/mol. The fourth-order valence-electron chi connectivity index (χ4n) is 1.61. The van der Waals surface area contributed by atoms with Crippen LogP contribution in [0.5, 0.6) is 0 Å². The Morgan fingerprint density at radius 3 is 2.53 bits per heavy atom. The van der Waals surface area contributed by atoms with E-state index in [0.717, 1.165) is 26.1 Å². The van der Waals surface area contributed by atoms with Crippen LogP contribution in [0.4, 0.5) is 5.69 Å². The van der Waals surface area contributed by atoms with Crippen LogP contribution in [0.15, 0.2) is 12.3 Å². The van der Waals surface area contributed by atoms with Gasteiger partial charge in [0.1, 0.15) is 5.69 Å². The number of amides is 1. The van der Waals surface area contributed by atoms with Crippen molar-refractivity contribution in [1.82, 2.24) is 14.8 Å². The number of aromatic amines is 1. The summed E-state index contributed by atoms with van der Waals surface area (Å²) < 4.78 is 0. The average molecular weight is 238 g/mol. The Kier molecular flexibility index (Phi) is 5.03. The third kappa shape index (κ3) is 4.11. The number of likely N-dealkylation sites (N-methyl/N-ethyl adjacent to an activating group) is 1. The van der Waals surface area contributed by atoms with Crippen LogP contribution < -0.4 is 5.73 Å². The summed E-state index contributed by atoms with van der Waals surface area (Å²) >= 11 is 0. The monoisotopic (exact) mass is 238 g/mol. The Morgan fingerprint density at radius 1 is 1.35 bits per heavy atom. The molecule has 0 aromatic carbocycles. The Hall–Kier alpha value is -1.49. The molecule has 0 aliphatic carbocycles. The summed E-state index contributed by atoms with van der Waals surface area (Å²) in [5.41, 5.74) is 6.76. The van der Waals surface area contributed by atoms with Gasteiger partial charge in [0.15, 0.2) is 0 Å². The molecule has 0 fully saturated rings. The standard InChI is InChI=1S/C12H22N4O/c1-4-5-16(7-6-15(2)3)12(17)11-8-10(13)9-14-11/h8-9,14H,4-7,13H2,1-3H3. The molecule has 0 unspecified atom stereocenters. The molecule has 3 N–H and O–H groups in total. The van der Waals surface area contributed by atoms with Crippen molar-refractivity contribution in [3.8, 4) is 0 Å². The van der Waals surface area contributed by atoms with E-state index in [0.29, 0.717) is 11.4 Å². The summed E-state index contributed by atoms with van der Waals surface area (Å²) in [7, 11) is 4.00. The molecule has 0 radical (unpaired) electrons. The van der Waals surface area contributed by atoms with Gasteiger partial charge < -0.3 is 20.5 Å². The molecule has 17 heavy (non-hydrogen) atoms. The van der Waals surface area contributed by atoms with E-state index >= 15 is 0 Å². The second-order valence-electron chi connectivity index (χ2n) is 4.44. The number of anilines is 1. The molecule has 5 nitrogen and oxygen atoms in total. The fourth-order valence-corrected chi connectivity index (χ4v) is 1.61. The lowest BCUT2D eigenvalue weighted by atomic mass is 10.3. The lowest BCUT2D eigenvalue weighted by molar-refractivity contribution is 0.0740. The number of rotatable bonds is 6. The molecule has 0 aliphatic heterocycles. The quantitative estimate of drug-likeness (QED) is 0.777. The minimum atomic E-state index is 0.0189. The van der Waals surface area contributed by atoms with Gasteiger partial charge in [-0.1, -0.05) is 6.92 Å². The van der Waals surface area contributed by atoms with Crippen LogP contribution >= 0.6 is 0 Å². The molecule has 1 aromatic heterocycles. The molecule has 0 spiro atoms. The predicted octanol–water partition coefficient (Wildman–Crippen LogP) is 1.01. The highest BCUT2D eigenvalue weighted by molar-refractivity contribution is 5.93. The van der Waals surface area contributed by atoms with Gasteiger partial charge in [0.05, 0.1) is 0 Å². The number of nitrogens with zero attached hydrogens (tertiary/aromatic N) is 2. The molecule has 96 valence electrons. The van der Waals surface area contributed by atoms with Gasteiger partial charge in [-0.2, -0.15) is 0 Å². The van der Waals surface area contributed by atoms with Gasteiger partial charge >= 0.3 is 0 Å². The molecule has 0 aliphatic rings. The highest BCUT2D eigenvalue weighted by Crippen LogP contribution is 2.08. The number of nitrogen functional groups attached to an aromatic ring is 1. The number of hydrogen-bond donors (Lipinski definition) is 2. The van der Waals surface area contributed by atoms with Crippen molar-refractivity contribution >= 4 is 11.6 Å². The van der Waals surface area contributed by atoms with E-state index in [1.54, 1.807) is 12.3 Å². The Bertz CT molecular complexity index is 359. The van der Waals surface area contributed by atoms with E-state index < -0.39 is 0 Å². The van der Waals surface area contributed by atoms with Crippen molar-refractivity contribution in [1.29, 1.82) is 0 Å². The molecule has 1 aromatic rings. The van der Waals surface area contributed by atoms with Gasteiger partial charge in [0, 0.05) is 31.5 Å². The van der Waals surface area contributed by atoms with Crippen LogP contribution in [0, 0.1) is 0 Å². The normalized spacial score (nSPS) is 10.8. The zero-order chi connectivity index (χ0) is 12.8. The van der Waals surface area contributed by atoms with Crippen molar-refractivity contribution in [3.63, 3.8) is 0 Å². The predicted molar refractivity (Wildman–Crippen MR) is 70.0 cm³/mol. The molecular formula is C12H22N4O. The number of carbonyl (C=O) groups is 1. The summed E-state index contributed by atoms with van der Waals surface area (Å²) in [4.78, 5) is 19.0. The molecule has 1 rings (SSSR count). The third-order valence-electron chi connectivity index (χ3n) is 2.53. The van der Waals surface area contributed by atoms with Crippen molar-refractivity contribution in [2.75, 3.05) is 39.5 Å². The van der Waals surface area contributed by atoms with Gasteiger partial charge in [-0.25, -0.2) is 0 Å². The van der Waals surface area contributed by atoms with Crippen LogP contribution in [-0.4, -0.2) is 54.4 Å². The van der Waals surface area contributed by atoms with Gasteiger partial charge in [-0.05, 0) is 26.6 Å². The van der Waals surface area contributed by atoms with Crippen LogP contribution in [0.3, 0.4) is 0 Å². The van der Waals surface area contributed by atoms with E-state index in [2.05, 4.69) is 16.8 Å². The maximum absolute atomic E-state index is 12.2. The molecule has 5 heteroatoms. The first-order valence-corrected chi connectivity index (χ1v) is 5.92. The van der Waals surface area contributed by atoms with Crippen LogP contribution in [0.1, 0.15) is 23.8 Å². The van der Waals surface area contributed by atoms with Crippen LogP contribution in [0.2, 0.25) is 0 Å². The molecule has 0 saturated heterocycles. The Balaban J connectivity index is 2.66. The van der Waals surface area contributed by atoms with E-state index in [1.165, 1.54) is 0 Å². The highest BCUT2D eigenvalue weighted by Gasteiger charge is 2.16. The summed E-state index contributed by atoms with van der Waals surface area (Å²) in [6, 6.07) is 1.68. The van der Waals surface area contributed by atoms with Gasteiger partial charge in [0.2, 0.25) is 0 Å². The first kappa shape index (κ1) is 13.6. The second-order valence-corrected chi connectivity index (χ2v) is 4.44. The zero-order valence-electron chi connectivity index (χ0n) is 10.9. The van der Waals surface area contributed by atoms with Crippen LogP contribution in [0.25, 0.3) is 0 Å². The minimum Gasteiger partial charge on any atom is -0.397 e. The average Bonchev–Trinajstić information content (AvgIpc) is 2.70. The number of H-pyrrole nitrogens is 1. The Morgan fingerprint density at radius 2 is 2.06 bits per heavy atom. The summed E-state index contributed by atoms with van der Waals surface area (Å²) in [5.74, 6) is 0.0189.